The van der Waals surface area contributed by atoms with Crippen LogP contribution in [0.3, 0.4) is 0 Å². The molecule has 0 aliphatic carbocycles. The zero-order valence-electron chi connectivity index (χ0n) is 11.2. The van der Waals surface area contributed by atoms with Crippen LogP contribution in [0.1, 0.15) is 19.8 Å². The largest absolute Gasteiger partial charge is 0.380 e. The van der Waals surface area contributed by atoms with Crippen molar-refractivity contribution in [2.45, 2.75) is 25.8 Å². The van der Waals surface area contributed by atoms with Crippen LogP contribution in [0.25, 0.3) is 0 Å². The Labute approximate surface area is 123 Å². The lowest BCUT2D eigenvalue weighted by atomic mass is 9.90. The highest BCUT2D eigenvalue weighted by Gasteiger charge is 2.23. The number of hydrogen-bond donors (Lipinski definition) is 1. The molecule has 1 aliphatic heterocycles. The van der Waals surface area contributed by atoms with Crippen LogP contribution in [-0.2, 0) is 0 Å². The number of hydrogen-bond acceptors (Lipinski definition) is 2. The van der Waals surface area contributed by atoms with Gasteiger partial charge < -0.3 is 10.2 Å². The van der Waals surface area contributed by atoms with E-state index in [0.717, 1.165) is 25.9 Å². The molecular formula is C14H19Cl2FN2. The third kappa shape index (κ3) is 3.74. The molecule has 1 heterocycles. The molecule has 106 valence electrons. The number of likely N-dealkylation sites (tertiary alicyclic amines) is 1. The van der Waals surface area contributed by atoms with Gasteiger partial charge in [0, 0.05) is 6.04 Å². The average molecular weight is 305 g/mol. The van der Waals surface area contributed by atoms with E-state index >= 15 is 0 Å². The van der Waals surface area contributed by atoms with Gasteiger partial charge >= 0.3 is 0 Å². The zero-order chi connectivity index (χ0) is 14.0. The normalized spacial score (nSPS) is 19.4. The fourth-order valence-electron chi connectivity index (χ4n) is 2.55. The molecule has 1 saturated heterocycles. The van der Waals surface area contributed by atoms with Gasteiger partial charge in [-0.25, -0.2) is 4.39 Å². The lowest BCUT2D eigenvalue weighted by Crippen LogP contribution is -2.37. The van der Waals surface area contributed by atoms with Gasteiger partial charge in [-0.15, -0.1) is 0 Å². The molecule has 1 N–H and O–H groups in total. The van der Waals surface area contributed by atoms with Crippen LogP contribution in [0.5, 0.6) is 0 Å². The van der Waals surface area contributed by atoms with Crippen LogP contribution in [0.15, 0.2) is 12.1 Å². The van der Waals surface area contributed by atoms with E-state index in [1.54, 1.807) is 0 Å². The summed E-state index contributed by atoms with van der Waals surface area (Å²) in [5.74, 6) is 0.181. The standard InChI is InChI=1S/C14H19Cl2FN2/c1-9(10-3-5-19(2)6-4-10)18-14-12(15)7-11(17)8-13(14)16/h7-10,18H,3-6H2,1-2H3. The molecular weight excluding hydrogens is 286 g/mol. The highest BCUT2D eigenvalue weighted by molar-refractivity contribution is 6.39. The van der Waals surface area contributed by atoms with Gasteiger partial charge in [0.05, 0.1) is 15.7 Å². The first-order valence-electron chi connectivity index (χ1n) is 6.57. The fourth-order valence-corrected chi connectivity index (χ4v) is 3.12. The molecule has 0 saturated carbocycles. The Morgan fingerprint density at radius 2 is 1.79 bits per heavy atom. The fraction of sp³-hybridized carbons (Fsp3) is 0.571. The second-order valence-electron chi connectivity index (χ2n) is 5.32. The van der Waals surface area contributed by atoms with E-state index in [-0.39, 0.29) is 6.04 Å². The Kier molecular flexibility index (Phi) is 4.93. The molecule has 1 aromatic rings. The number of nitrogens with one attached hydrogen (secondary N) is 1. The molecule has 0 amide bonds. The summed E-state index contributed by atoms with van der Waals surface area (Å²) in [6.45, 7) is 4.36. The molecule has 19 heavy (non-hydrogen) atoms. The van der Waals surface area contributed by atoms with Crippen LogP contribution in [0.2, 0.25) is 10.0 Å². The minimum atomic E-state index is -0.410. The summed E-state index contributed by atoms with van der Waals surface area (Å²) in [5.41, 5.74) is 0.635. The molecule has 0 radical (unpaired) electrons. The summed E-state index contributed by atoms with van der Waals surface area (Å²) >= 11 is 12.1. The topological polar surface area (TPSA) is 15.3 Å². The number of piperidine rings is 1. The lowest BCUT2D eigenvalue weighted by molar-refractivity contribution is 0.208. The molecule has 1 aliphatic rings. The maximum absolute atomic E-state index is 13.1. The summed E-state index contributed by atoms with van der Waals surface area (Å²) < 4.78 is 13.1. The highest BCUT2D eigenvalue weighted by Crippen LogP contribution is 2.33. The molecule has 0 aromatic heterocycles. The Hall–Kier alpha value is -0.510. The van der Waals surface area contributed by atoms with Gasteiger partial charge in [0.2, 0.25) is 0 Å². The van der Waals surface area contributed by atoms with Crippen molar-refractivity contribution in [1.82, 2.24) is 4.90 Å². The van der Waals surface area contributed by atoms with E-state index in [9.17, 15) is 4.39 Å². The van der Waals surface area contributed by atoms with E-state index in [1.165, 1.54) is 12.1 Å². The second kappa shape index (κ2) is 6.29. The summed E-state index contributed by atoms with van der Waals surface area (Å²) in [5, 5.41) is 4.02. The zero-order valence-corrected chi connectivity index (χ0v) is 12.7. The second-order valence-corrected chi connectivity index (χ2v) is 6.13. The predicted octanol–water partition coefficient (Wildman–Crippen LogP) is 4.27. The van der Waals surface area contributed by atoms with Gasteiger partial charge in [0.25, 0.3) is 0 Å². The van der Waals surface area contributed by atoms with Crippen molar-refractivity contribution in [3.8, 4) is 0 Å². The molecule has 1 aromatic carbocycles. The van der Waals surface area contributed by atoms with Gasteiger partial charge in [-0.05, 0) is 58.0 Å². The maximum atomic E-state index is 13.1. The van der Waals surface area contributed by atoms with E-state index in [4.69, 9.17) is 23.2 Å². The van der Waals surface area contributed by atoms with E-state index < -0.39 is 5.82 Å². The van der Waals surface area contributed by atoms with Gasteiger partial charge in [-0.2, -0.15) is 0 Å². The van der Waals surface area contributed by atoms with Crippen molar-refractivity contribution in [3.63, 3.8) is 0 Å². The van der Waals surface area contributed by atoms with E-state index in [1.807, 2.05) is 0 Å². The number of rotatable bonds is 3. The minimum Gasteiger partial charge on any atom is -0.380 e. The van der Waals surface area contributed by atoms with Gasteiger partial charge in [-0.1, -0.05) is 23.2 Å². The molecule has 1 unspecified atom stereocenters. The lowest BCUT2D eigenvalue weighted by Gasteiger charge is -2.33. The summed E-state index contributed by atoms with van der Waals surface area (Å²) in [6, 6.07) is 2.85. The van der Waals surface area contributed by atoms with Crippen molar-refractivity contribution in [3.05, 3.63) is 28.0 Å². The number of halogens is 3. The molecule has 2 rings (SSSR count). The summed E-state index contributed by atoms with van der Waals surface area (Å²) in [6.07, 6.45) is 2.31. The summed E-state index contributed by atoms with van der Waals surface area (Å²) in [7, 11) is 2.14. The Balaban J connectivity index is 2.04. The molecule has 5 heteroatoms. The minimum absolute atomic E-state index is 0.272. The van der Waals surface area contributed by atoms with Crippen LogP contribution in [0, 0.1) is 11.7 Å². The molecule has 0 spiro atoms. The smallest absolute Gasteiger partial charge is 0.126 e. The van der Waals surface area contributed by atoms with Crippen LogP contribution >= 0.6 is 23.2 Å². The van der Waals surface area contributed by atoms with Gasteiger partial charge in [-0.3, -0.25) is 0 Å². The summed E-state index contributed by atoms with van der Waals surface area (Å²) in [4.78, 5) is 2.33. The molecule has 2 nitrogen and oxygen atoms in total. The van der Waals surface area contributed by atoms with Crippen LogP contribution in [0.4, 0.5) is 10.1 Å². The van der Waals surface area contributed by atoms with Crippen molar-refractivity contribution in [1.29, 1.82) is 0 Å². The van der Waals surface area contributed by atoms with Gasteiger partial charge in [0.15, 0.2) is 0 Å². The Bertz CT molecular complexity index is 422. The first kappa shape index (κ1) is 14.9. The third-order valence-corrected chi connectivity index (χ3v) is 4.45. The SMILES string of the molecule is CC(Nc1c(Cl)cc(F)cc1Cl)C1CCN(C)CC1. The molecule has 1 atom stereocenters. The first-order chi connectivity index (χ1) is 8.97. The van der Waals surface area contributed by atoms with Crippen LogP contribution in [-0.4, -0.2) is 31.1 Å². The maximum Gasteiger partial charge on any atom is 0.126 e. The van der Waals surface area contributed by atoms with E-state index in [0.29, 0.717) is 21.7 Å². The number of nitrogens with zero attached hydrogens (tertiary/aromatic N) is 1. The Morgan fingerprint density at radius 3 is 2.32 bits per heavy atom. The first-order valence-corrected chi connectivity index (χ1v) is 7.32. The average Bonchev–Trinajstić information content (AvgIpc) is 2.34. The van der Waals surface area contributed by atoms with Crippen molar-refractivity contribution in [2.24, 2.45) is 5.92 Å². The van der Waals surface area contributed by atoms with Crippen molar-refractivity contribution in [2.75, 3.05) is 25.5 Å². The number of benzene rings is 1. The highest BCUT2D eigenvalue weighted by atomic mass is 35.5. The van der Waals surface area contributed by atoms with Crippen LogP contribution < -0.4 is 5.32 Å². The van der Waals surface area contributed by atoms with Gasteiger partial charge in [0.1, 0.15) is 5.82 Å². The Morgan fingerprint density at radius 1 is 1.26 bits per heavy atom. The van der Waals surface area contributed by atoms with Crippen molar-refractivity contribution < 1.29 is 4.39 Å². The predicted molar refractivity (Wildman–Crippen MR) is 79.7 cm³/mol. The van der Waals surface area contributed by atoms with Crippen molar-refractivity contribution >= 4 is 28.9 Å². The third-order valence-electron chi connectivity index (χ3n) is 3.85. The quantitative estimate of drug-likeness (QED) is 0.897. The molecule has 1 fully saturated rings. The molecule has 0 bridgehead atoms. The number of anilines is 1. The monoisotopic (exact) mass is 304 g/mol. The van der Waals surface area contributed by atoms with E-state index in [2.05, 4.69) is 24.2 Å².